The van der Waals surface area contributed by atoms with E-state index in [4.69, 9.17) is 5.11 Å². The number of aromatic carboxylic acids is 1. The minimum Gasteiger partial charge on any atom is -0.506 e. The van der Waals surface area contributed by atoms with Crippen molar-refractivity contribution >= 4 is 22.7 Å². The maximum atomic E-state index is 12.5. The van der Waals surface area contributed by atoms with Gasteiger partial charge in [0.15, 0.2) is 5.78 Å². The number of phenols is 1. The number of rotatable bonds is 5. The number of benzene rings is 1. The van der Waals surface area contributed by atoms with Crippen molar-refractivity contribution in [3.63, 3.8) is 0 Å². The highest BCUT2D eigenvalue weighted by atomic mass is 16.4. The number of H-pyrrole nitrogens is 1. The summed E-state index contributed by atoms with van der Waals surface area (Å²) in [6.07, 6.45) is 5.81. The first-order chi connectivity index (χ1) is 11.1. The summed E-state index contributed by atoms with van der Waals surface area (Å²) in [6.45, 7) is 0.220. The van der Waals surface area contributed by atoms with Crippen LogP contribution in [0.2, 0.25) is 0 Å². The molecule has 1 aliphatic rings. The van der Waals surface area contributed by atoms with Gasteiger partial charge in [-0.25, -0.2) is 4.79 Å². The number of ketones is 1. The molecule has 3 rings (SSSR count). The molecule has 2 aromatic rings. The Morgan fingerprint density at radius 2 is 1.96 bits per heavy atom. The van der Waals surface area contributed by atoms with Crippen LogP contribution in [0.25, 0.3) is 10.9 Å². The van der Waals surface area contributed by atoms with Crippen LogP contribution < -0.4 is 5.32 Å². The third-order valence-electron chi connectivity index (χ3n) is 4.46. The van der Waals surface area contributed by atoms with Crippen molar-refractivity contribution in [3.05, 3.63) is 29.5 Å². The highest BCUT2D eigenvalue weighted by Gasteiger charge is 2.19. The number of fused-ring (bicyclic) bond motifs is 1. The molecule has 0 aliphatic heterocycles. The second kappa shape index (κ2) is 6.42. The Kier molecular flexibility index (Phi) is 4.34. The van der Waals surface area contributed by atoms with E-state index in [0.29, 0.717) is 17.0 Å². The molecule has 0 unspecified atom stereocenters. The van der Waals surface area contributed by atoms with E-state index in [-0.39, 0.29) is 29.3 Å². The van der Waals surface area contributed by atoms with E-state index >= 15 is 0 Å². The van der Waals surface area contributed by atoms with Crippen LogP contribution in [0.5, 0.6) is 5.75 Å². The van der Waals surface area contributed by atoms with Gasteiger partial charge in [-0.05, 0) is 31.0 Å². The number of nitrogens with one attached hydrogen (secondary N) is 2. The molecule has 0 bridgehead atoms. The van der Waals surface area contributed by atoms with Crippen LogP contribution in [-0.4, -0.2) is 39.5 Å². The number of aromatic nitrogens is 1. The van der Waals surface area contributed by atoms with Crippen molar-refractivity contribution in [1.82, 2.24) is 10.3 Å². The Morgan fingerprint density at radius 3 is 2.65 bits per heavy atom. The number of aromatic amines is 1. The van der Waals surface area contributed by atoms with Gasteiger partial charge in [0.1, 0.15) is 11.4 Å². The molecule has 0 atom stereocenters. The van der Waals surface area contributed by atoms with Crippen LogP contribution >= 0.6 is 0 Å². The van der Waals surface area contributed by atoms with E-state index in [0.717, 1.165) is 12.8 Å². The highest BCUT2D eigenvalue weighted by Crippen LogP contribution is 2.28. The summed E-state index contributed by atoms with van der Waals surface area (Å²) in [5, 5.41) is 22.7. The Labute approximate surface area is 133 Å². The van der Waals surface area contributed by atoms with Gasteiger partial charge in [0.25, 0.3) is 0 Å². The zero-order chi connectivity index (χ0) is 16.4. The third-order valence-corrected chi connectivity index (χ3v) is 4.46. The molecule has 1 saturated carbocycles. The van der Waals surface area contributed by atoms with Gasteiger partial charge < -0.3 is 20.5 Å². The van der Waals surface area contributed by atoms with Crippen molar-refractivity contribution in [2.24, 2.45) is 0 Å². The van der Waals surface area contributed by atoms with E-state index in [1.165, 1.54) is 31.4 Å². The Bertz CT molecular complexity index is 744. The van der Waals surface area contributed by atoms with E-state index in [1.807, 2.05) is 0 Å². The van der Waals surface area contributed by atoms with Gasteiger partial charge in [-0.15, -0.1) is 0 Å². The summed E-state index contributed by atoms with van der Waals surface area (Å²) < 4.78 is 0. The number of carbonyl (C=O) groups is 2. The molecule has 0 saturated heterocycles. The summed E-state index contributed by atoms with van der Waals surface area (Å²) >= 11 is 0. The summed E-state index contributed by atoms with van der Waals surface area (Å²) in [6, 6.07) is 4.73. The topological polar surface area (TPSA) is 102 Å². The lowest BCUT2D eigenvalue weighted by atomic mass is 9.95. The molecule has 23 heavy (non-hydrogen) atoms. The molecule has 122 valence electrons. The largest absolute Gasteiger partial charge is 0.506 e. The molecule has 1 fully saturated rings. The summed E-state index contributed by atoms with van der Waals surface area (Å²) in [7, 11) is 0. The fraction of sp³-hybridized carbons (Fsp3) is 0.412. The molecule has 1 heterocycles. The number of carboxylic acid groups (broad SMARTS) is 1. The third kappa shape index (κ3) is 3.22. The Morgan fingerprint density at radius 1 is 1.22 bits per heavy atom. The number of carbonyl (C=O) groups excluding carboxylic acids is 1. The first-order valence-electron chi connectivity index (χ1n) is 7.91. The van der Waals surface area contributed by atoms with Gasteiger partial charge in [0, 0.05) is 17.0 Å². The van der Waals surface area contributed by atoms with Crippen LogP contribution in [-0.2, 0) is 0 Å². The molecular weight excluding hydrogens is 296 g/mol. The van der Waals surface area contributed by atoms with Crippen molar-refractivity contribution in [3.8, 4) is 5.75 Å². The van der Waals surface area contributed by atoms with Crippen LogP contribution in [0, 0.1) is 0 Å². The average molecular weight is 316 g/mol. The first kappa shape index (κ1) is 15.6. The molecule has 0 spiro atoms. The molecule has 1 aromatic carbocycles. The smallest absolute Gasteiger partial charge is 0.352 e. The monoisotopic (exact) mass is 316 g/mol. The second-order valence-corrected chi connectivity index (χ2v) is 6.05. The van der Waals surface area contributed by atoms with Crippen LogP contribution in [0.15, 0.2) is 18.2 Å². The minimum absolute atomic E-state index is 0.0456. The summed E-state index contributed by atoms with van der Waals surface area (Å²) in [5.41, 5.74) is 0.659. The lowest BCUT2D eigenvalue weighted by molar-refractivity contribution is 0.0691. The standard InChI is InChI=1S/C17H20N2O4/c20-14-7-6-11(12-8-13(17(22)23)19-16(12)14)15(21)9-18-10-4-2-1-3-5-10/h6-8,10,18-20H,1-5,9H2,(H,22,23). The number of carboxylic acids is 1. The van der Waals surface area contributed by atoms with Crippen LogP contribution in [0.3, 0.4) is 0 Å². The quantitative estimate of drug-likeness (QED) is 0.635. The molecular formula is C17H20N2O4. The summed E-state index contributed by atoms with van der Waals surface area (Å²) in [5.74, 6) is -1.29. The van der Waals surface area contributed by atoms with E-state index in [2.05, 4.69) is 10.3 Å². The van der Waals surface area contributed by atoms with Crippen molar-refractivity contribution in [1.29, 1.82) is 0 Å². The molecule has 0 radical (unpaired) electrons. The van der Waals surface area contributed by atoms with Gasteiger partial charge in [-0.1, -0.05) is 19.3 Å². The Hall–Kier alpha value is -2.34. The first-order valence-corrected chi connectivity index (χ1v) is 7.91. The second-order valence-electron chi connectivity index (χ2n) is 6.05. The van der Waals surface area contributed by atoms with E-state index in [1.54, 1.807) is 6.07 Å². The van der Waals surface area contributed by atoms with Gasteiger partial charge >= 0.3 is 5.97 Å². The number of Topliss-reactive ketones (excluding diaryl/α,β-unsaturated/α-hetero) is 1. The van der Waals surface area contributed by atoms with Gasteiger partial charge in [0.05, 0.1) is 12.1 Å². The van der Waals surface area contributed by atoms with Crippen molar-refractivity contribution < 1.29 is 19.8 Å². The number of hydrogen-bond donors (Lipinski definition) is 4. The predicted octanol–water partition coefficient (Wildman–Crippen LogP) is 2.68. The molecule has 6 nitrogen and oxygen atoms in total. The Balaban J connectivity index is 1.82. The molecule has 6 heteroatoms. The zero-order valence-corrected chi connectivity index (χ0v) is 12.8. The number of aromatic hydroxyl groups is 1. The van der Waals surface area contributed by atoms with Crippen molar-refractivity contribution in [2.75, 3.05) is 6.54 Å². The number of phenolic OH excluding ortho intramolecular Hbond substituents is 1. The fourth-order valence-corrected chi connectivity index (χ4v) is 3.20. The fourth-order valence-electron chi connectivity index (χ4n) is 3.20. The van der Waals surface area contributed by atoms with E-state index in [9.17, 15) is 14.7 Å². The average Bonchev–Trinajstić information content (AvgIpc) is 3.00. The normalized spacial score (nSPS) is 15.8. The van der Waals surface area contributed by atoms with Crippen molar-refractivity contribution in [2.45, 2.75) is 38.1 Å². The summed E-state index contributed by atoms with van der Waals surface area (Å²) in [4.78, 5) is 26.2. The maximum Gasteiger partial charge on any atom is 0.352 e. The van der Waals surface area contributed by atoms with E-state index < -0.39 is 5.97 Å². The lowest BCUT2D eigenvalue weighted by Gasteiger charge is -2.22. The van der Waals surface area contributed by atoms with Gasteiger partial charge in [-0.3, -0.25) is 4.79 Å². The molecule has 1 aliphatic carbocycles. The zero-order valence-electron chi connectivity index (χ0n) is 12.8. The van der Waals surface area contributed by atoms with Crippen LogP contribution in [0.4, 0.5) is 0 Å². The SMILES string of the molecule is O=C(O)c1cc2c(C(=O)CNC3CCCCC3)ccc(O)c2[nH]1. The lowest BCUT2D eigenvalue weighted by Crippen LogP contribution is -2.35. The molecule has 1 aromatic heterocycles. The predicted molar refractivity (Wildman–Crippen MR) is 86.1 cm³/mol. The minimum atomic E-state index is -1.13. The number of hydrogen-bond acceptors (Lipinski definition) is 4. The van der Waals surface area contributed by atoms with Gasteiger partial charge in [0.2, 0.25) is 0 Å². The maximum absolute atomic E-state index is 12.5. The van der Waals surface area contributed by atoms with Crippen LogP contribution in [0.1, 0.15) is 53.0 Å². The van der Waals surface area contributed by atoms with Gasteiger partial charge in [-0.2, -0.15) is 0 Å². The highest BCUT2D eigenvalue weighted by molar-refractivity contribution is 6.11. The molecule has 0 amide bonds. The molecule has 4 N–H and O–H groups in total.